The van der Waals surface area contributed by atoms with Crippen molar-refractivity contribution in [3.05, 3.63) is 83.2 Å². The summed E-state index contributed by atoms with van der Waals surface area (Å²) in [7, 11) is -3.76. The fraction of sp³-hybridized carbons (Fsp3) is 0.150. The second-order valence-corrected chi connectivity index (χ2v) is 7.42. The van der Waals surface area contributed by atoms with Crippen LogP contribution in [0.25, 0.3) is 12.2 Å². The topological polar surface area (TPSA) is 69.4 Å². The maximum absolute atomic E-state index is 12.1. The van der Waals surface area contributed by atoms with Gasteiger partial charge in [0, 0.05) is 12.5 Å². The second kappa shape index (κ2) is 8.12. The van der Waals surface area contributed by atoms with Crippen molar-refractivity contribution in [1.29, 1.82) is 0 Å². The zero-order valence-corrected chi connectivity index (χ0v) is 15.1. The van der Waals surface area contributed by atoms with E-state index in [0.717, 1.165) is 11.1 Å². The normalized spacial score (nSPS) is 11.9. The van der Waals surface area contributed by atoms with Crippen molar-refractivity contribution in [2.75, 3.05) is 6.61 Å². The molecule has 0 unspecified atom stereocenters. The number of aryl methyl sites for hydroxylation is 1. The Morgan fingerprint density at radius 3 is 2.50 bits per heavy atom. The second-order valence-electron chi connectivity index (χ2n) is 5.80. The molecule has 2 aromatic carbocycles. The molecule has 0 bridgehead atoms. The fourth-order valence-corrected chi connectivity index (χ4v) is 3.20. The lowest BCUT2D eigenvalue weighted by molar-refractivity contribution is 0.298. The molecule has 26 heavy (non-hydrogen) atoms. The highest BCUT2D eigenvalue weighted by Gasteiger charge is 2.15. The molecular weight excluding hydrogens is 350 g/mol. The lowest BCUT2D eigenvalue weighted by Crippen LogP contribution is -2.09. The summed E-state index contributed by atoms with van der Waals surface area (Å²) in [5.74, 6) is 0.566. The van der Waals surface area contributed by atoms with Gasteiger partial charge < -0.3 is 4.52 Å². The zero-order valence-electron chi connectivity index (χ0n) is 14.3. The summed E-state index contributed by atoms with van der Waals surface area (Å²) in [6.45, 7) is 1.89. The molecule has 0 saturated heterocycles. The van der Waals surface area contributed by atoms with Gasteiger partial charge in [0.2, 0.25) is 0 Å². The number of aromatic nitrogens is 1. The molecule has 0 N–H and O–H groups in total. The van der Waals surface area contributed by atoms with Crippen LogP contribution in [0.15, 0.2) is 70.1 Å². The number of rotatable bonds is 7. The molecule has 0 radical (unpaired) electrons. The molecule has 134 valence electrons. The molecule has 0 atom stereocenters. The summed E-state index contributed by atoms with van der Waals surface area (Å²) in [5, 5.41) is 3.95. The maximum atomic E-state index is 12.1. The van der Waals surface area contributed by atoms with Crippen LogP contribution in [0.5, 0.6) is 0 Å². The van der Waals surface area contributed by atoms with E-state index in [0.29, 0.717) is 17.9 Å². The van der Waals surface area contributed by atoms with Crippen molar-refractivity contribution in [3.8, 4) is 0 Å². The minimum absolute atomic E-state index is 0.00670. The van der Waals surface area contributed by atoms with E-state index >= 15 is 0 Å². The first-order valence-electron chi connectivity index (χ1n) is 8.18. The Morgan fingerprint density at radius 2 is 1.77 bits per heavy atom. The molecule has 0 spiro atoms. The van der Waals surface area contributed by atoms with Crippen LogP contribution in [0.4, 0.5) is 0 Å². The van der Waals surface area contributed by atoms with Gasteiger partial charge in [-0.1, -0.05) is 59.3 Å². The minimum Gasteiger partial charge on any atom is -0.361 e. The molecule has 0 fully saturated rings. The predicted molar refractivity (Wildman–Crippen MR) is 99.9 cm³/mol. The Hall–Kier alpha value is -2.70. The van der Waals surface area contributed by atoms with Crippen LogP contribution in [-0.4, -0.2) is 20.2 Å². The molecule has 3 aromatic rings. The van der Waals surface area contributed by atoms with Crippen molar-refractivity contribution >= 4 is 22.3 Å². The van der Waals surface area contributed by atoms with E-state index in [9.17, 15) is 8.42 Å². The quantitative estimate of drug-likeness (QED) is 0.587. The summed E-state index contributed by atoms with van der Waals surface area (Å²) < 4.78 is 34.5. The van der Waals surface area contributed by atoms with E-state index in [1.807, 2.05) is 49.4 Å². The molecular formula is C20H19NO4S. The van der Waals surface area contributed by atoms with Gasteiger partial charge in [0.1, 0.15) is 11.5 Å². The smallest absolute Gasteiger partial charge is 0.296 e. The first kappa shape index (κ1) is 18.1. The van der Waals surface area contributed by atoms with Crippen LogP contribution in [0.3, 0.4) is 0 Å². The van der Waals surface area contributed by atoms with Gasteiger partial charge >= 0.3 is 0 Å². The van der Waals surface area contributed by atoms with Crippen LogP contribution in [-0.2, 0) is 20.7 Å². The third-order valence-electron chi connectivity index (χ3n) is 3.72. The van der Waals surface area contributed by atoms with Crippen LogP contribution >= 0.6 is 0 Å². The number of hydrogen-bond acceptors (Lipinski definition) is 5. The first-order valence-corrected chi connectivity index (χ1v) is 9.58. The van der Waals surface area contributed by atoms with Gasteiger partial charge in [-0.15, -0.1) is 0 Å². The average Bonchev–Trinajstić information content (AvgIpc) is 3.09. The van der Waals surface area contributed by atoms with E-state index in [4.69, 9.17) is 8.71 Å². The van der Waals surface area contributed by atoms with Crippen LogP contribution < -0.4 is 0 Å². The van der Waals surface area contributed by atoms with Crippen molar-refractivity contribution in [1.82, 2.24) is 5.16 Å². The van der Waals surface area contributed by atoms with Gasteiger partial charge in [0.25, 0.3) is 10.1 Å². The zero-order chi connectivity index (χ0) is 18.4. The highest BCUT2D eigenvalue weighted by Crippen LogP contribution is 2.14. The fourth-order valence-electron chi connectivity index (χ4n) is 2.30. The van der Waals surface area contributed by atoms with Gasteiger partial charge in [-0.25, -0.2) is 0 Å². The molecule has 1 heterocycles. The van der Waals surface area contributed by atoms with Crippen LogP contribution in [0.1, 0.15) is 22.6 Å². The van der Waals surface area contributed by atoms with E-state index in [1.54, 1.807) is 18.2 Å². The predicted octanol–water partition coefficient (Wildman–Crippen LogP) is 4.10. The summed E-state index contributed by atoms with van der Waals surface area (Å²) >= 11 is 0. The largest absolute Gasteiger partial charge is 0.361 e. The lowest BCUT2D eigenvalue weighted by atomic mass is 10.2. The highest BCUT2D eigenvalue weighted by atomic mass is 32.2. The van der Waals surface area contributed by atoms with E-state index in [1.165, 1.54) is 12.1 Å². The Morgan fingerprint density at radius 1 is 1.04 bits per heavy atom. The van der Waals surface area contributed by atoms with E-state index < -0.39 is 10.1 Å². The van der Waals surface area contributed by atoms with Gasteiger partial charge in [-0.3, -0.25) is 4.18 Å². The summed E-state index contributed by atoms with van der Waals surface area (Å²) in [6, 6.07) is 18.1. The third-order valence-corrected chi connectivity index (χ3v) is 5.05. The summed E-state index contributed by atoms with van der Waals surface area (Å²) in [5.41, 5.74) is 2.72. The summed E-state index contributed by atoms with van der Waals surface area (Å²) in [4.78, 5) is 0.146. The molecule has 6 heteroatoms. The average molecular weight is 369 g/mol. The molecule has 0 aliphatic carbocycles. The van der Waals surface area contributed by atoms with Crippen molar-refractivity contribution < 1.29 is 17.1 Å². The van der Waals surface area contributed by atoms with E-state index in [2.05, 4.69) is 5.16 Å². The van der Waals surface area contributed by atoms with Crippen molar-refractivity contribution in [2.24, 2.45) is 0 Å². The van der Waals surface area contributed by atoms with Gasteiger partial charge in [0.05, 0.1) is 11.5 Å². The molecule has 3 rings (SSSR count). The van der Waals surface area contributed by atoms with Gasteiger partial charge in [0.15, 0.2) is 0 Å². The first-order chi connectivity index (χ1) is 12.5. The van der Waals surface area contributed by atoms with Crippen LogP contribution in [0.2, 0.25) is 0 Å². The number of benzene rings is 2. The standard InChI is InChI=1S/C20H19NO4S/c1-16-7-11-20(12-8-16)26(22,23)24-14-13-19-15-18(21-25-19)10-9-17-5-3-2-4-6-17/h2-12,15H,13-14H2,1H3/b10-9+. The van der Waals surface area contributed by atoms with Crippen molar-refractivity contribution in [2.45, 2.75) is 18.2 Å². The van der Waals surface area contributed by atoms with Crippen molar-refractivity contribution in [3.63, 3.8) is 0 Å². The SMILES string of the molecule is Cc1ccc(S(=O)(=O)OCCc2cc(/C=C/c3ccccc3)no2)cc1. The Kier molecular flexibility index (Phi) is 5.65. The monoisotopic (exact) mass is 369 g/mol. The van der Waals surface area contributed by atoms with Gasteiger partial charge in [-0.2, -0.15) is 8.42 Å². The molecule has 0 aliphatic heterocycles. The minimum atomic E-state index is -3.76. The lowest BCUT2D eigenvalue weighted by Gasteiger charge is -2.04. The third kappa shape index (κ3) is 4.91. The maximum Gasteiger partial charge on any atom is 0.296 e. The van der Waals surface area contributed by atoms with E-state index in [-0.39, 0.29) is 11.5 Å². The Labute approximate surface area is 153 Å². The Balaban J connectivity index is 1.55. The van der Waals surface area contributed by atoms with Gasteiger partial charge in [-0.05, 0) is 30.7 Å². The number of hydrogen-bond donors (Lipinski definition) is 0. The summed E-state index contributed by atoms with van der Waals surface area (Å²) in [6.07, 6.45) is 4.09. The number of nitrogens with zero attached hydrogens (tertiary/aromatic N) is 1. The highest BCUT2D eigenvalue weighted by molar-refractivity contribution is 7.86. The molecule has 0 saturated carbocycles. The molecule has 0 amide bonds. The molecule has 1 aromatic heterocycles. The molecule has 0 aliphatic rings. The van der Waals surface area contributed by atoms with Crippen LogP contribution in [0, 0.1) is 6.92 Å². The Bertz CT molecular complexity index is 974. The molecule has 5 nitrogen and oxygen atoms in total.